The molecule has 0 bridgehead atoms. The van der Waals surface area contributed by atoms with Gasteiger partial charge in [0.25, 0.3) is 0 Å². The molecule has 1 aromatic carbocycles. The molecule has 8 heteroatoms. The summed E-state index contributed by atoms with van der Waals surface area (Å²) < 4.78 is 15.7. The van der Waals surface area contributed by atoms with Crippen molar-refractivity contribution in [2.24, 2.45) is 11.8 Å². The van der Waals surface area contributed by atoms with Gasteiger partial charge >= 0.3 is 17.8 Å². The van der Waals surface area contributed by atoms with E-state index in [4.69, 9.17) is 14.2 Å². The molecular formula is C28H33NO6S. The molecule has 1 heterocycles. The summed E-state index contributed by atoms with van der Waals surface area (Å²) >= 11 is 1.40. The Morgan fingerprint density at radius 2 is 1.92 bits per heavy atom. The lowest BCUT2D eigenvalue weighted by Gasteiger charge is -2.49. The van der Waals surface area contributed by atoms with Crippen LogP contribution in [0.4, 0.5) is 5.00 Å². The maximum Gasteiger partial charge on any atom is 0.397 e. The van der Waals surface area contributed by atoms with Crippen LogP contribution in [0.15, 0.2) is 18.2 Å². The zero-order valence-electron chi connectivity index (χ0n) is 21.3. The van der Waals surface area contributed by atoms with E-state index in [1.54, 1.807) is 21.0 Å². The maximum atomic E-state index is 13.2. The number of carbonyl (C=O) groups excluding carboxylic acids is 3. The minimum atomic E-state index is -0.956. The van der Waals surface area contributed by atoms with Gasteiger partial charge in [0, 0.05) is 4.88 Å². The monoisotopic (exact) mass is 511 g/mol. The third-order valence-electron chi connectivity index (χ3n) is 8.45. The van der Waals surface area contributed by atoms with Gasteiger partial charge in [0.2, 0.25) is 0 Å². The fourth-order valence-corrected chi connectivity index (χ4v) is 8.33. The highest BCUT2D eigenvalue weighted by molar-refractivity contribution is 7.17. The molecule has 192 valence electrons. The standard InChI is InChI=1S/C28H33NO6S/c1-5-34-26(31)22-23-21(36-25(22)29-24(30)27(32)35-6-2)14-20-19-9-7-15-13-16(33-4)8-10-17(15)18(19)11-12-28(20,23)3/h8,10,13,18-20H,5-7,9,11-12,14H2,1-4H3,(H,29,30)/t18-,19+,20-,28-/m1/s1. The summed E-state index contributed by atoms with van der Waals surface area (Å²) in [5.41, 5.74) is 4.07. The molecule has 0 radical (unpaired) electrons. The van der Waals surface area contributed by atoms with E-state index in [0.29, 0.717) is 28.3 Å². The van der Waals surface area contributed by atoms with Crippen LogP contribution in [-0.2, 0) is 37.3 Å². The largest absolute Gasteiger partial charge is 0.497 e. The number of ether oxygens (including phenoxy) is 3. The number of methoxy groups -OCH3 is 1. The zero-order chi connectivity index (χ0) is 25.6. The van der Waals surface area contributed by atoms with Gasteiger partial charge in [-0.3, -0.25) is 4.79 Å². The van der Waals surface area contributed by atoms with E-state index in [9.17, 15) is 14.4 Å². The van der Waals surface area contributed by atoms with Gasteiger partial charge in [-0.25, -0.2) is 9.59 Å². The Balaban J connectivity index is 1.49. The Hall–Kier alpha value is -2.87. The third kappa shape index (κ3) is 3.90. The molecule has 0 aliphatic heterocycles. The normalized spacial score (nSPS) is 25.6. The number of benzene rings is 1. The average Bonchev–Trinajstić information content (AvgIpc) is 3.37. The van der Waals surface area contributed by atoms with E-state index in [1.165, 1.54) is 22.5 Å². The van der Waals surface area contributed by atoms with E-state index in [-0.39, 0.29) is 18.6 Å². The Morgan fingerprint density at radius 1 is 1.14 bits per heavy atom. The van der Waals surface area contributed by atoms with Gasteiger partial charge in [-0.2, -0.15) is 0 Å². The molecule has 1 N–H and O–H groups in total. The lowest BCUT2D eigenvalue weighted by molar-refractivity contribution is -0.152. The van der Waals surface area contributed by atoms with Crippen LogP contribution >= 0.6 is 11.3 Å². The molecule has 7 nitrogen and oxygen atoms in total. The number of hydrogen-bond acceptors (Lipinski definition) is 7. The smallest absolute Gasteiger partial charge is 0.397 e. The van der Waals surface area contributed by atoms with Gasteiger partial charge < -0.3 is 19.5 Å². The van der Waals surface area contributed by atoms with Gasteiger partial charge in [-0.15, -0.1) is 11.3 Å². The van der Waals surface area contributed by atoms with E-state index < -0.39 is 17.8 Å². The SMILES string of the molecule is CCOC(=O)C(=O)Nc1sc2c(c1C(=O)OCC)[C@]1(C)CC[C@@H]3c4ccc(OC)cc4CC[C@@H]3[C@H]1C2. The molecule has 3 aliphatic rings. The topological polar surface area (TPSA) is 90.9 Å². The van der Waals surface area contributed by atoms with E-state index >= 15 is 0 Å². The summed E-state index contributed by atoms with van der Waals surface area (Å²) in [5.74, 6) is 0.0787. The van der Waals surface area contributed by atoms with E-state index in [0.717, 1.165) is 48.3 Å². The Morgan fingerprint density at radius 3 is 2.64 bits per heavy atom. The molecule has 4 atom stereocenters. The quantitative estimate of drug-likeness (QED) is 0.449. The third-order valence-corrected chi connectivity index (χ3v) is 9.58. The van der Waals surface area contributed by atoms with Crippen molar-refractivity contribution in [1.29, 1.82) is 0 Å². The number of aryl methyl sites for hydroxylation is 1. The van der Waals surface area contributed by atoms with E-state index in [1.807, 2.05) is 0 Å². The minimum Gasteiger partial charge on any atom is -0.497 e. The summed E-state index contributed by atoms with van der Waals surface area (Å²) in [6, 6.07) is 6.49. The first kappa shape index (κ1) is 24.8. The number of rotatable bonds is 5. The molecule has 1 amide bonds. The lowest BCUT2D eigenvalue weighted by Crippen LogP contribution is -2.43. The zero-order valence-corrected chi connectivity index (χ0v) is 22.1. The molecule has 1 aromatic heterocycles. The minimum absolute atomic E-state index is 0.107. The van der Waals surface area contributed by atoms with Crippen LogP contribution in [0.5, 0.6) is 5.75 Å². The Bertz CT molecular complexity index is 1220. The van der Waals surface area contributed by atoms with Crippen LogP contribution in [-0.4, -0.2) is 38.2 Å². The highest BCUT2D eigenvalue weighted by Gasteiger charge is 2.55. The molecule has 5 rings (SSSR count). The van der Waals surface area contributed by atoms with Crippen molar-refractivity contribution in [1.82, 2.24) is 0 Å². The molecule has 0 saturated heterocycles. The highest BCUT2D eigenvalue weighted by atomic mass is 32.1. The number of nitrogens with one attached hydrogen (secondary N) is 1. The second-order valence-corrected chi connectivity index (χ2v) is 11.2. The van der Waals surface area contributed by atoms with Gasteiger partial charge in [0.15, 0.2) is 0 Å². The van der Waals surface area contributed by atoms with Crippen molar-refractivity contribution in [2.75, 3.05) is 25.6 Å². The van der Waals surface area contributed by atoms with Crippen molar-refractivity contribution < 1.29 is 28.6 Å². The molecule has 0 unspecified atom stereocenters. The summed E-state index contributed by atoms with van der Waals surface area (Å²) in [6.45, 7) is 6.03. The second kappa shape index (κ2) is 9.54. The fraction of sp³-hybridized carbons (Fsp3) is 0.536. The molecule has 3 aliphatic carbocycles. The van der Waals surface area contributed by atoms with Crippen LogP contribution in [0.2, 0.25) is 0 Å². The summed E-state index contributed by atoms with van der Waals surface area (Å²) in [5, 5.41) is 3.04. The maximum absolute atomic E-state index is 13.2. The number of fused-ring (bicyclic) bond motifs is 7. The molecule has 2 aromatic rings. The fourth-order valence-electron chi connectivity index (χ4n) is 6.96. The number of anilines is 1. The summed E-state index contributed by atoms with van der Waals surface area (Å²) in [4.78, 5) is 38.7. The van der Waals surface area contributed by atoms with Crippen LogP contribution < -0.4 is 10.1 Å². The van der Waals surface area contributed by atoms with Crippen molar-refractivity contribution in [3.05, 3.63) is 45.3 Å². The first-order valence-electron chi connectivity index (χ1n) is 12.8. The van der Waals surface area contributed by atoms with Gasteiger partial charge in [0.1, 0.15) is 10.8 Å². The molecule has 1 saturated carbocycles. The molecule has 1 fully saturated rings. The number of carbonyl (C=O) groups is 3. The Kier molecular flexibility index (Phi) is 6.57. The van der Waals surface area contributed by atoms with Crippen molar-refractivity contribution >= 4 is 34.2 Å². The average molecular weight is 512 g/mol. The number of amides is 1. The summed E-state index contributed by atoms with van der Waals surface area (Å²) in [6.07, 6.45) is 5.00. The molecule has 36 heavy (non-hydrogen) atoms. The predicted octanol–water partition coefficient (Wildman–Crippen LogP) is 5.01. The van der Waals surface area contributed by atoms with E-state index in [2.05, 4.69) is 30.4 Å². The van der Waals surface area contributed by atoms with Gasteiger partial charge in [0.05, 0.1) is 25.9 Å². The van der Waals surface area contributed by atoms with Crippen LogP contribution in [0, 0.1) is 11.8 Å². The number of thiophene rings is 1. The van der Waals surface area contributed by atoms with Crippen LogP contribution in [0.25, 0.3) is 0 Å². The van der Waals surface area contributed by atoms with Gasteiger partial charge in [-0.05, 0) is 97.9 Å². The van der Waals surface area contributed by atoms with Crippen LogP contribution in [0.1, 0.15) is 77.9 Å². The second-order valence-electron chi connectivity index (χ2n) is 10.1. The summed E-state index contributed by atoms with van der Waals surface area (Å²) in [7, 11) is 1.71. The number of hydrogen-bond donors (Lipinski definition) is 1. The number of esters is 2. The Labute approximate surface area is 215 Å². The highest BCUT2D eigenvalue weighted by Crippen LogP contribution is 2.63. The first-order chi connectivity index (χ1) is 17.3. The predicted molar refractivity (Wildman–Crippen MR) is 137 cm³/mol. The van der Waals surface area contributed by atoms with Crippen molar-refractivity contribution in [2.45, 2.75) is 64.2 Å². The first-order valence-corrected chi connectivity index (χ1v) is 13.6. The van der Waals surface area contributed by atoms with Crippen LogP contribution in [0.3, 0.4) is 0 Å². The molecule has 0 spiro atoms. The van der Waals surface area contributed by atoms with Gasteiger partial charge in [-0.1, -0.05) is 13.0 Å². The van der Waals surface area contributed by atoms with Crippen molar-refractivity contribution in [3.63, 3.8) is 0 Å². The lowest BCUT2D eigenvalue weighted by atomic mass is 9.54. The van der Waals surface area contributed by atoms with Crippen molar-refractivity contribution in [3.8, 4) is 5.75 Å². The molecular weight excluding hydrogens is 478 g/mol.